The highest BCUT2D eigenvalue weighted by Gasteiger charge is 2.65. The summed E-state index contributed by atoms with van der Waals surface area (Å²) in [7, 11) is 0. The summed E-state index contributed by atoms with van der Waals surface area (Å²) in [4.78, 5) is 12.8. The molecule has 1 aliphatic rings. The van der Waals surface area contributed by atoms with E-state index in [0.717, 1.165) is 15.6 Å². The number of hydrogen-bond donors (Lipinski definition) is 3. The number of aliphatic carboxylic acids is 1. The molecule has 7 heteroatoms. The zero-order chi connectivity index (χ0) is 25.4. The van der Waals surface area contributed by atoms with Crippen LogP contribution in [0.3, 0.4) is 0 Å². The smallest absolute Gasteiger partial charge is 0.311 e. The molecule has 3 N–H and O–H groups in total. The maximum atomic E-state index is 12.8. The highest BCUT2D eigenvalue weighted by molar-refractivity contribution is 9.10. The molecule has 1 heterocycles. The summed E-state index contributed by atoms with van der Waals surface area (Å²) in [5, 5.41) is 46.6. The molecule has 4 rings (SSSR count). The first kappa shape index (κ1) is 24.6. The van der Waals surface area contributed by atoms with Crippen LogP contribution in [0.15, 0.2) is 77.3 Å². The van der Waals surface area contributed by atoms with Gasteiger partial charge in [-0.3, -0.25) is 10.1 Å². The molecule has 0 spiro atoms. The third-order valence-electron chi connectivity index (χ3n) is 6.86. The van der Waals surface area contributed by atoms with Crippen molar-refractivity contribution in [3.63, 3.8) is 0 Å². The van der Waals surface area contributed by atoms with Crippen LogP contribution in [0.1, 0.15) is 39.8 Å². The highest BCUT2D eigenvalue weighted by Crippen LogP contribution is 2.57. The van der Waals surface area contributed by atoms with Crippen LogP contribution < -0.4 is 5.32 Å². The first-order chi connectivity index (χ1) is 16.7. The van der Waals surface area contributed by atoms with E-state index in [-0.39, 0.29) is 0 Å². The molecule has 1 saturated heterocycles. The maximum Gasteiger partial charge on any atom is 0.311 e. The maximum absolute atomic E-state index is 12.8. The number of nitrogens with zero attached hydrogens (tertiary/aromatic N) is 2. The minimum absolute atomic E-state index is 0.326. The second kappa shape index (κ2) is 9.28. The quantitative estimate of drug-likeness (QED) is 0.434. The van der Waals surface area contributed by atoms with E-state index in [4.69, 9.17) is 0 Å². The third kappa shape index (κ3) is 4.13. The number of carbonyl (C=O) groups is 1. The van der Waals surface area contributed by atoms with Gasteiger partial charge in [-0.05, 0) is 42.7 Å². The van der Waals surface area contributed by atoms with Gasteiger partial charge >= 0.3 is 5.97 Å². The van der Waals surface area contributed by atoms with Crippen molar-refractivity contribution in [2.24, 2.45) is 11.3 Å². The van der Waals surface area contributed by atoms with E-state index in [1.165, 1.54) is 0 Å². The fourth-order valence-electron chi connectivity index (χ4n) is 5.02. The van der Waals surface area contributed by atoms with Gasteiger partial charge in [-0.1, -0.05) is 87.7 Å². The molecule has 4 atom stereocenters. The van der Waals surface area contributed by atoms with Crippen molar-refractivity contribution in [3.05, 3.63) is 105 Å². The van der Waals surface area contributed by atoms with Gasteiger partial charge in [0.1, 0.15) is 5.92 Å². The second-order valence-electron chi connectivity index (χ2n) is 9.06. The molecule has 0 radical (unpaired) electrons. The molecule has 0 amide bonds. The number of hydrogen-bond acceptors (Lipinski definition) is 5. The van der Waals surface area contributed by atoms with Crippen molar-refractivity contribution >= 4 is 21.9 Å². The van der Waals surface area contributed by atoms with Crippen molar-refractivity contribution in [2.45, 2.75) is 31.5 Å². The van der Waals surface area contributed by atoms with Crippen LogP contribution in [-0.2, 0) is 10.5 Å². The molecular weight excluding hydrogens is 506 g/mol. The number of halogens is 1. The normalized spacial score (nSPS) is 25.3. The van der Waals surface area contributed by atoms with E-state index < -0.39 is 35.0 Å². The van der Waals surface area contributed by atoms with Crippen LogP contribution in [0.2, 0.25) is 0 Å². The summed E-state index contributed by atoms with van der Waals surface area (Å²) in [5.41, 5.74) is -0.524. The largest absolute Gasteiger partial charge is 0.481 e. The Kier molecular flexibility index (Phi) is 6.53. The third-order valence-corrected chi connectivity index (χ3v) is 7.39. The molecule has 3 aromatic carbocycles. The first-order valence-corrected chi connectivity index (χ1v) is 11.9. The monoisotopic (exact) mass is 529 g/mol. The molecule has 1 aliphatic heterocycles. The van der Waals surface area contributed by atoms with Crippen molar-refractivity contribution in [3.8, 4) is 12.1 Å². The number of carboxylic acids is 1. The predicted molar refractivity (Wildman–Crippen MR) is 134 cm³/mol. The van der Waals surface area contributed by atoms with E-state index in [2.05, 4.69) is 33.4 Å². The Balaban J connectivity index is 2.05. The van der Waals surface area contributed by atoms with E-state index in [1.54, 1.807) is 48.5 Å². The van der Waals surface area contributed by atoms with Crippen LogP contribution in [0.5, 0.6) is 0 Å². The SMILES string of the molecule is Cc1ccc(C2NC(O)(c3ccc(Br)cc3)C(C(=O)O)C(c3ccc(C)cc3)C2(C#N)C#N)cc1. The van der Waals surface area contributed by atoms with Gasteiger partial charge in [0.05, 0.1) is 18.2 Å². The molecule has 0 saturated carbocycles. The lowest BCUT2D eigenvalue weighted by Crippen LogP contribution is -2.64. The zero-order valence-corrected chi connectivity index (χ0v) is 20.8. The van der Waals surface area contributed by atoms with Gasteiger partial charge in [-0.2, -0.15) is 10.5 Å². The Morgan fingerprint density at radius 2 is 1.37 bits per heavy atom. The summed E-state index contributed by atoms with van der Waals surface area (Å²) >= 11 is 3.38. The summed E-state index contributed by atoms with van der Waals surface area (Å²) in [6.45, 7) is 3.82. The van der Waals surface area contributed by atoms with Crippen LogP contribution in [0, 0.1) is 47.8 Å². The van der Waals surface area contributed by atoms with Gasteiger partial charge in [0.2, 0.25) is 0 Å². The minimum atomic E-state index is -2.07. The summed E-state index contributed by atoms with van der Waals surface area (Å²) in [5.74, 6) is -3.99. The number of nitrogens with one attached hydrogen (secondary N) is 1. The zero-order valence-electron chi connectivity index (χ0n) is 19.2. The number of aryl methyl sites for hydroxylation is 2. The fourth-order valence-corrected chi connectivity index (χ4v) is 5.29. The van der Waals surface area contributed by atoms with Crippen molar-refractivity contribution < 1.29 is 15.0 Å². The van der Waals surface area contributed by atoms with Crippen molar-refractivity contribution in [1.82, 2.24) is 5.32 Å². The van der Waals surface area contributed by atoms with Crippen LogP contribution in [0.4, 0.5) is 0 Å². The van der Waals surface area contributed by atoms with Gasteiger partial charge in [0.15, 0.2) is 11.1 Å². The number of rotatable bonds is 4. The topological polar surface area (TPSA) is 117 Å². The van der Waals surface area contributed by atoms with Crippen LogP contribution in [-0.4, -0.2) is 16.2 Å². The van der Waals surface area contributed by atoms with Crippen LogP contribution >= 0.6 is 15.9 Å². The van der Waals surface area contributed by atoms with Crippen molar-refractivity contribution in [2.75, 3.05) is 0 Å². The number of carboxylic acid groups (broad SMARTS) is 1. The standard InChI is InChI=1S/C28H24BrN3O3/c1-17-3-7-19(8-4-17)23-24(26(33)34)28(35,21-11-13-22(29)14-12-21)32-25(27(23,15-30)16-31)20-9-5-18(2)6-10-20/h3-14,23-25,32,35H,1-2H3,(H,33,34). The molecule has 4 unspecified atom stereocenters. The van der Waals surface area contributed by atoms with Gasteiger partial charge in [-0.15, -0.1) is 0 Å². The van der Waals surface area contributed by atoms with Gasteiger partial charge in [0, 0.05) is 10.4 Å². The predicted octanol–water partition coefficient (Wildman–Crippen LogP) is 5.07. The average molecular weight is 530 g/mol. The average Bonchev–Trinajstić information content (AvgIpc) is 2.85. The van der Waals surface area contributed by atoms with Gasteiger partial charge in [-0.25, -0.2) is 0 Å². The number of benzene rings is 3. The Hall–Kier alpha value is -3.49. The van der Waals surface area contributed by atoms with Crippen LogP contribution in [0.25, 0.3) is 0 Å². The van der Waals surface area contributed by atoms with E-state index >= 15 is 0 Å². The molecule has 0 aliphatic carbocycles. The van der Waals surface area contributed by atoms with Gasteiger partial charge in [0.25, 0.3) is 0 Å². The molecule has 176 valence electrons. The minimum Gasteiger partial charge on any atom is -0.481 e. The molecule has 1 fully saturated rings. The Bertz CT molecular complexity index is 1310. The molecule has 6 nitrogen and oxygen atoms in total. The lowest BCUT2D eigenvalue weighted by molar-refractivity contribution is -0.173. The Labute approximate surface area is 212 Å². The molecule has 35 heavy (non-hydrogen) atoms. The fraction of sp³-hybridized carbons (Fsp3) is 0.250. The molecular formula is C28H24BrN3O3. The lowest BCUT2D eigenvalue weighted by atomic mass is 9.56. The summed E-state index contributed by atoms with van der Waals surface area (Å²) < 4.78 is 0.765. The number of piperidine rings is 1. The Morgan fingerprint density at radius 3 is 1.83 bits per heavy atom. The second-order valence-corrected chi connectivity index (χ2v) is 9.97. The Morgan fingerprint density at radius 1 is 0.886 bits per heavy atom. The molecule has 0 aromatic heterocycles. The van der Waals surface area contributed by atoms with Crippen molar-refractivity contribution in [1.29, 1.82) is 10.5 Å². The van der Waals surface area contributed by atoms with E-state index in [1.807, 2.05) is 38.1 Å². The molecule has 0 bridgehead atoms. The highest BCUT2D eigenvalue weighted by atomic mass is 79.9. The number of aliphatic hydroxyl groups is 1. The summed E-state index contributed by atoms with van der Waals surface area (Å²) in [6.07, 6.45) is 0. The lowest BCUT2D eigenvalue weighted by Gasteiger charge is -2.52. The summed E-state index contributed by atoms with van der Waals surface area (Å²) in [6, 6.07) is 24.5. The first-order valence-electron chi connectivity index (χ1n) is 11.1. The van der Waals surface area contributed by atoms with Gasteiger partial charge < -0.3 is 10.2 Å². The van der Waals surface area contributed by atoms with E-state index in [0.29, 0.717) is 16.7 Å². The molecule has 3 aromatic rings. The van der Waals surface area contributed by atoms with E-state index in [9.17, 15) is 25.5 Å². The number of nitriles is 2.